The number of hydrazone groups is 1. The molecule has 0 fully saturated rings. The van der Waals surface area contributed by atoms with Gasteiger partial charge in [0.15, 0.2) is 11.6 Å². The predicted molar refractivity (Wildman–Crippen MR) is 120 cm³/mol. The van der Waals surface area contributed by atoms with E-state index in [-0.39, 0.29) is 16.5 Å². The summed E-state index contributed by atoms with van der Waals surface area (Å²) in [6.45, 7) is 2.43. The molecule has 30 heavy (non-hydrogen) atoms. The summed E-state index contributed by atoms with van der Waals surface area (Å²) in [6, 6.07) is 12.3. The average Bonchev–Trinajstić information content (AvgIpc) is 3.09. The molecule has 0 saturated heterocycles. The first-order valence-electron chi connectivity index (χ1n) is 9.04. The first kappa shape index (κ1) is 19.9. The van der Waals surface area contributed by atoms with Crippen molar-refractivity contribution in [1.82, 2.24) is 9.97 Å². The smallest absolute Gasteiger partial charge is 0.167 e. The number of fused-ring (bicyclic) bond motifs is 1. The number of hydrogen-bond donors (Lipinski definition) is 3. The Bertz CT molecular complexity index is 1240. The van der Waals surface area contributed by atoms with Crippen molar-refractivity contribution in [2.45, 2.75) is 6.92 Å². The molecule has 4 aromatic rings. The lowest BCUT2D eigenvalue weighted by molar-refractivity contribution is 0.341. The Balaban J connectivity index is 1.68. The van der Waals surface area contributed by atoms with Gasteiger partial charge in [0, 0.05) is 5.56 Å². The maximum atomic E-state index is 10.8. The van der Waals surface area contributed by atoms with Gasteiger partial charge in [-0.2, -0.15) is 5.10 Å². The number of aromatic hydroxyl groups is 2. The topological polar surface area (TPSA) is 99.9 Å². The zero-order valence-electron chi connectivity index (χ0n) is 15.8. The van der Waals surface area contributed by atoms with E-state index in [1.54, 1.807) is 18.3 Å². The molecular formula is C21H17ClN4O3S. The van der Waals surface area contributed by atoms with Crippen LogP contribution in [0.15, 0.2) is 53.9 Å². The molecule has 2 aromatic carbocycles. The van der Waals surface area contributed by atoms with Crippen molar-refractivity contribution < 1.29 is 14.9 Å². The summed E-state index contributed by atoms with van der Waals surface area (Å²) in [4.78, 5) is 9.11. The van der Waals surface area contributed by atoms with Gasteiger partial charge in [-0.3, -0.25) is 5.43 Å². The highest BCUT2D eigenvalue weighted by atomic mass is 35.5. The minimum atomic E-state index is 0.00760. The first-order chi connectivity index (χ1) is 14.6. The number of nitrogens with one attached hydrogen (secondary N) is 1. The predicted octanol–water partition coefficient (Wildman–Crippen LogP) is 5.27. The number of rotatable bonds is 6. The third-order valence-corrected chi connectivity index (χ3v) is 5.75. The molecule has 0 radical (unpaired) electrons. The van der Waals surface area contributed by atoms with Crippen LogP contribution in [-0.2, 0) is 0 Å². The second-order valence-electron chi connectivity index (χ2n) is 6.19. The lowest BCUT2D eigenvalue weighted by Gasteiger charge is -2.08. The van der Waals surface area contributed by atoms with Gasteiger partial charge in [0.25, 0.3) is 0 Å². The zero-order valence-corrected chi connectivity index (χ0v) is 17.4. The van der Waals surface area contributed by atoms with Crippen LogP contribution < -0.4 is 10.2 Å². The highest BCUT2D eigenvalue weighted by molar-refractivity contribution is 7.23. The number of thiophene rings is 1. The van der Waals surface area contributed by atoms with Crippen molar-refractivity contribution in [3.8, 4) is 27.7 Å². The number of phenols is 1. The maximum absolute atomic E-state index is 10.8. The number of para-hydroxylation sites is 1. The van der Waals surface area contributed by atoms with Crippen LogP contribution in [0.3, 0.4) is 0 Å². The summed E-state index contributed by atoms with van der Waals surface area (Å²) in [5.41, 5.74) is 4.80. The van der Waals surface area contributed by atoms with E-state index < -0.39 is 0 Å². The number of phenolic OH excluding ortho intramolecular Hbond substituents is 1. The fourth-order valence-electron chi connectivity index (χ4n) is 2.87. The zero-order chi connectivity index (χ0) is 21.1. The SMILES string of the molecule is CCOc1ccccc1-c1sc2c(NN=Cc3ccc(O)c(Cl)c3)ncnc2c1O. The van der Waals surface area contributed by atoms with Crippen molar-refractivity contribution in [3.63, 3.8) is 0 Å². The summed E-state index contributed by atoms with van der Waals surface area (Å²) in [7, 11) is 0. The van der Waals surface area contributed by atoms with Crippen LogP contribution in [-0.4, -0.2) is 33.0 Å². The van der Waals surface area contributed by atoms with Gasteiger partial charge >= 0.3 is 0 Å². The molecule has 4 rings (SSSR count). The lowest BCUT2D eigenvalue weighted by atomic mass is 10.1. The van der Waals surface area contributed by atoms with Gasteiger partial charge in [0.1, 0.15) is 28.0 Å². The molecule has 0 spiro atoms. The molecule has 3 N–H and O–H groups in total. The second-order valence-corrected chi connectivity index (χ2v) is 7.62. The van der Waals surface area contributed by atoms with Gasteiger partial charge < -0.3 is 14.9 Å². The molecule has 0 aliphatic rings. The van der Waals surface area contributed by atoms with E-state index in [1.165, 1.54) is 23.7 Å². The van der Waals surface area contributed by atoms with E-state index in [2.05, 4.69) is 20.5 Å². The van der Waals surface area contributed by atoms with Crippen molar-refractivity contribution in [2.24, 2.45) is 5.10 Å². The van der Waals surface area contributed by atoms with Crippen LogP contribution in [0.4, 0.5) is 5.82 Å². The van der Waals surface area contributed by atoms with Gasteiger partial charge in [0.05, 0.1) is 22.7 Å². The molecule has 0 atom stereocenters. The number of aromatic nitrogens is 2. The molecule has 2 heterocycles. The van der Waals surface area contributed by atoms with E-state index in [0.29, 0.717) is 38.8 Å². The van der Waals surface area contributed by atoms with E-state index in [9.17, 15) is 10.2 Å². The molecule has 0 aliphatic heterocycles. The second kappa shape index (κ2) is 8.56. The van der Waals surface area contributed by atoms with Crippen molar-refractivity contribution in [3.05, 3.63) is 59.4 Å². The number of halogens is 1. The minimum Gasteiger partial charge on any atom is -0.506 e. The standard InChI is InChI=1S/C21H17ClN4O3S/c1-2-29-16-6-4-3-5-13(16)19-18(28)17-20(30-19)21(24-11-23-17)26-25-10-12-7-8-15(27)14(22)9-12/h3-11,27-28H,2H2,1H3,(H,23,24,26). The van der Waals surface area contributed by atoms with Crippen LogP contribution in [0.2, 0.25) is 5.02 Å². The van der Waals surface area contributed by atoms with Crippen LogP contribution in [0.5, 0.6) is 17.2 Å². The maximum Gasteiger partial charge on any atom is 0.167 e. The summed E-state index contributed by atoms with van der Waals surface area (Å²) < 4.78 is 6.36. The molecule has 152 valence electrons. The number of benzene rings is 2. The molecule has 2 aromatic heterocycles. The fraction of sp³-hybridized carbons (Fsp3) is 0.0952. The van der Waals surface area contributed by atoms with Gasteiger partial charge in [-0.15, -0.1) is 11.3 Å². The first-order valence-corrected chi connectivity index (χ1v) is 10.2. The van der Waals surface area contributed by atoms with Crippen molar-refractivity contribution in [1.29, 1.82) is 0 Å². The summed E-state index contributed by atoms with van der Waals surface area (Å²) in [5, 5.41) is 24.7. The van der Waals surface area contributed by atoms with Crippen molar-refractivity contribution >= 4 is 45.2 Å². The average molecular weight is 441 g/mol. The summed E-state index contributed by atoms with van der Waals surface area (Å²) in [6.07, 6.45) is 2.92. The van der Waals surface area contributed by atoms with Gasteiger partial charge in [-0.25, -0.2) is 9.97 Å². The van der Waals surface area contributed by atoms with E-state index in [4.69, 9.17) is 16.3 Å². The number of nitrogens with zero attached hydrogens (tertiary/aromatic N) is 3. The van der Waals surface area contributed by atoms with Crippen LogP contribution in [0.1, 0.15) is 12.5 Å². The van der Waals surface area contributed by atoms with Gasteiger partial charge in [-0.05, 0) is 42.8 Å². The molecular weight excluding hydrogens is 424 g/mol. The van der Waals surface area contributed by atoms with Crippen LogP contribution in [0.25, 0.3) is 20.7 Å². The lowest BCUT2D eigenvalue weighted by Crippen LogP contribution is -1.94. The van der Waals surface area contributed by atoms with E-state index in [0.717, 1.165) is 5.56 Å². The Morgan fingerprint density at radius 1 is 1.20 bits per heavy atom. The van der Waals surface area contributed by atoms with Gasteiger partial charge in [-0.1, -0.05) is 23.7 Å². The van der Waals surface area contributed by atoms with E-state index >= 15 is 0 Å². The van der Waals surface area contributed by atoms with Crippen LogP contribution in [0, 0.1) is 0 Å². The largest absolute Gasteiger partial charge is 0.506 e. The Kier molecular flexibility index (Phi) is 5.69. The third-order valence-electron chi connectivity index (χ3n) is 4.23. The molecule has 0 amide bonds. The number of anilines is 1. The number of ether oxygens (including phenoxy) is 1. The number of hydrogen-bond acceptors (Lipinski definition) is 8. The Labute approximate surface area is 181 Å². The molecule has 9 heteroatoms. The highest BCUT2D eigenvalue weighted by Gasteiger charge is 2.19. The Morgan fingerprint density at radius 3 is 2.83 bits per heavy atom. The quantitative estimate of drug-likeness (QED) is 0.279. The van der Waals surface area contributed by atoms with Crippen molar-refractivity contribution in [2.75, 3.05) is 12.0 Å². The Morgan fingerprint density at radius 2 is 2.03 bits per heavy atom. The van der Waals surface area contributed by atoms with Crippen LogP contribution >= 0.6 is 22.9 Å². The molecule has 7 nitrogen and oxygen atoms in total. The third kappa shape index (κ3) is 3.87. The van der Waals surface area contributed by atoms with E-state index in [1.807, 2.05) is 31.2 Å². The fourth-order valence-corrected chi connectivity index (χ4v) is 4.17. The summed E-state index contributed by atoms with van der Waals surface area (Å²) in [5.74, 6) is 1.23. The summed E-state index contributed by atoms with van der Waals surface area (Å²) >= 11 is 7.26. The van der Waals surface area contributed by atoms with Gasteiger partial charge in [0.2, 0.25) is 0 Å². The molecule has 0 bridgehead atoms. The monoisotopic (exact) mass is 440 g/mol. The minimum absolute atomic E-state index is 0.00760. The Hall–Kier alpha value is -3.36. The molecule has 0 unspecified atom stereocenters. The highest BCUT2D eigenvalue weighted by Crippen LogP contribution is 2.47. The molecule has 0 aliphatic carbocycles. The molecule has 0 saturated carbocycles. The normalized spacial score (nSPS) is 11.3.